The topological polar surface area (TPSA) is 163 Å². The Labute approximate surface area is 336 Å². The van der Waals surface area contributed by atoms with Crippen molar-refractivity contribution in [2.75, 3.05) is 47.4 Å². The zero-order chi connectivity index (χ0) is 40.7. The summed E-state index contributed by atoms with van der Waals surface area (Å²) in [6.07, 6.45) is 6.86. The SMILES string of the molecule is O=C(NC1(C(=O)O)C2CC3CC(C2)CC1C3)c1cnc(N2CC3(CCN(c4ncc(F)cn4)C3)c3cc(OC4CCN(c5ncccn5)CC4)ccc32)nc1C(F)(F)F. The molecule has 14 nitrogen and oxygen atoms in total. The van der Waals surface area contributed by atoms with Gasteiger partial charge in [0.1, 0.15) is 17.4 Å². The molecule has 1 unspecified atom stereocenters. The fourth-order valence-corrected chi connectivity index (χ4v) is 11.3. The van der Waals surface area contributed by atoms with Gasteiger partial charge < -0.3 is 29.9 Å². The smallest absolute Gasteiger partial charge is 0.434 e. The van der Waals surface area contributed by atoms with Crippen molar-refractivity contribution in [3.8, 4) is 5.75 Å². The minimum absolute atomic E-state index is 0.0929. The predicted octanol–water partition coefficient (Wildman–Crippen LogP) is 5.57. The summed E-state index contributed by atoms with van der Waals surface area (Å²) < 4.78 is 65.2. The first-order valence-corrected chi connectivity index (χ1v) is 20.2. The standard InChI is InChI=1S/C41H42F4N10O4/c42-27-18-48-37(49-19-27)54-11-6-39(21-54)22-55(32-3-2-29(17-31(32)39)59-28-4-9-53(10-5-28)36-46-7-1-8-47-36)38-50-20-30(33(51-38)41(43,44)45)34(56)52-40(35(57)58)25-13-23-12-24(15-25)16-26(40)14-23/h1-3,7-8,17-20,23-26,28H,4-6,9-16,21-22H2,(H,52,56)(H,57,58). The maximum Gasteiger partial charge on any atom is 0.434 e. The van der Waals surface area contributed by atoms with Crippen molar-refractivity contribution in [2.45, 2.75) is 74.6 Å². The molecular formula is C41H42F4N10O4. The van der Waals surface area contributed by atoms with E-state index >= 15 is 0 Å². The van der Waals surface area contributed by atoms with Crippen LogP contribution in [-0.4, -0.2) is 91.3 Å². The molecule has 3 aromatic heterocycles. The van der Waals surface area contributed by atoms with Crippen LogP contribution in [-0.2, 0) is 16.4 Å². The number of alkyl halides is 3. The van der Waals surface area contributed by atoms with Gasteiger partial charge in [0.05, 0.1) is 18.0 Å². The minimum Gasteiger partial charge on any atom is -0.490 e. The monoisotopic (exact) mass is 814 g/mol. The van der Waals surface area contributed by atoms with Crippen molar-refractivity contribution in [3.05, 3.63) is 77.9 Å². The third-order valence-corrected chi connectivity index (χ3v) is 13.7. The van der Waals surface area contributed by atoms with E-state index in [1.54, 1.807) is 35.5 Å². The average molecular weight is 815 g/mol. The first-order valence-electron chi connectivity index (χ1n) is 20.2. The Morgan fingerprint density at radius 2 is 1.49 bits per heavy atom. The number of nitrogens with zero attached hydrogens (tertiary/aromatic N) is 9. The number of amides is 1. The number of carbonyl (C=O) groups excluding carboxylic acids is 1. The van der Waals surface area contributed by atoms with Crippen molar-refractivity contribution in [1.82, 2.24) is 35.2 Å². The lowest BCUT2D eigenvalue weighted by atomic mass is 9.48. The van der Waals surface area contributed by atoms with Crippen LogP contribution in [0.25, 0.3) is 0 Å². The maximum absolute atomic E-state index is 15.0. The lowest BCUT2D eigenvalue weighted by molar-refractivity contribution is -0.163. The summed E-state index contributed by atoms with van der Waals surface area (Å²) in [6, 6.07) is 7.29. The third kappa shape index (κ3) is 6.45. The summed E-state index contributed by atoms with van der Waals surface area (Å²) in [6.45, 7) is 2.46. The first-order chi connectivity index (χ1) is 28.4. The summed E-state index contributed by atoms with van der Waals surface area (Å²) in [7, 11) is 0. The van der Waals surface area contributed by atoms with Crippen molar-refractivity contribution in [1.29, 1.82) is 0 Å². The summed E-state index contributed by atoms with van der Waals surface area (Å²) >= 11 is 0. The normalized spacial score (nSPS) is 28.6. The number of hydrogen-bond donors (Lipinski definition) is 2. The summed E-state index contributed by atoms with van der Waals surface area (Å²) in [5.41, 5.74) is -3.17. The Balaban J connectivity index is 0.956. The fourth-order valence-electron chi connectivity index (χ4n) is 11.3. The number of hydrogen-bond acceptors (Lipinski definition) is 12. The second kappa shape index (κ2) is 14.0. The summed E-state index contributed by atoms with van der Waals surface area (Å²) in [5, 5.41) is 13.2. The van der Waals surface area contributed by atoms with Gasteiger partial charge in [0.15, 0.2) is 11.5 Å². The van der Waals surface area contributed by atoms with E-state index in [0.29, 0.717) is 93.5 Å². The van der Waals surface area contributed by atoms with E-state index in [-0.39, 0.29) is 30.4 Å². The lowest BCUT2D eigenvalue weighted by Gasteiger charge is -2.59. The molecule has 1 spiro atoms. The van der Waals surface area contributed by atoms with E-state index in [0.717, 1.165) is 43.4 Å². The van der Waals surface area contributed by atoms with Crippen molar-refractivity contribution >= 4 is 35.4 Å². The Morgan fingerprint density at radius 3 is 2.15 bits per heavy atom. The van der Waals surface area contributed by atoms with Crippen LogP contribution in [0.5, 0.6) is 5.75 Å². The molecule has 4 aliphatic carbocycles. The molecule has 2 saturated heterocycles. The van der Waals surface area contributed by atoms with E-state index in [1.165, 1.54) is 0 Å². The average Bonchev–Trinajstić information content (AvgIpc) is 3.80. The zero-order valence-corrected chi connectivity index (χ0v) is 32.0. The van der Waals surface area contributed by atoms with Crippen LogP contribution in [0.15, 0.2) is 55.2 Å². The van der Waals surface area contributed by atoms with Crippen LogP contribution in [0.4, 0.5) is 41.1 Å². The highest BCUT2D eigenvalue weighted by molar-refractivity contribution is 5.99. The number of benzene rings is 1. The van der Waals surface area contributed by atoms with Gasteiger partial charge in [-0.1, -0.05) is 0 Å². The lowest BCUT2D eigenvalue weighted by Crippen LogP contribution is -2.70. The summed E-state index contributed by atoms with van der Waals surface area (Å²) in [5.74, 6) is -1.56. The van der Waals surface area contributed by atoms with Gasteiger partial charge in [0.2, 0.25) is 17.8 Å². The van der Waals surface area contributed by atoms with Crippen molar-refractivity contribution < 1.29 is 37.0 Å². The molecule has 4 aromatic rings. The van der Waals surface area contributed by atoms with Crippen molar-refractivity contribution in [2.24, 2.45) is 23.7 Å². The zero-order valence-electron chi connectivity index (χ0n) is 32.0. The van der Waals surface area contributed by atoms with Crippen LogP contribution in [0, 0.1) is 29.5 Å². The molecular weight excluding hydrogens is 773 g/mol. The Morgan fingerprint density at radius 1 is 0.831 bits per heavy atom. The third-order valence-electron chi connectivity index (χ3n) is 13.7. The van der Waals surface area contributed by atoms with Crippen LogP contribution in [0.3, 0.4) is 0 Å². The molecule has 59 heavy (non-hydrogen) atoms. The van der Waals surface area contributed by atoms with Crippen LogP contribution in [0.2, 0.25) is 0 Å². The number of nitrogens with one attached hydrogen (secondary N) is 1. The molecule has 4 bridgehead atoms. The van der Waals surface area contributed by atoms with Gasteiger partial charge in [-0.3, -0.25) is 4.79 Å². The number of aliphatic carboxylic acids is 1. The van der Waals surface area contributed by atoms with Crippen LogP contribution >= 0.6 is 0 Å². The maximum atomic E-state index is 15.0. The van der Waals surface area contributed by atoms with Gasteiger partial charge in [-0.2, -0.15) is 13.2 Å². The predicted molar refractivity (Wildman–Crippen MR) is 204 cm³/mol. The minimum atomic E-state index is -5.06. The molecule has 2 N–H and O–H groups in total. The second-order valence-electron chi connectivity index (χ2n) is 17.1. The van der Waals surface area contributed by atoms with E-state index in [4.69, 9.17) is 4.74 Å². The van der Waals surface area contributed by atoms with E-state index < -0.39 is 46.1 Å². The van der Waals surface area contributed by atoms with Gasteiger partial charge in [-0.25, -0.2) is 39.1 Å². The molecule has 4 saturated carbocycles. The Bertz CT molecular complexity index is 2250. The van der Waals surface area contributed by atoms with Gasteiger partial charge in [-0.15, -0.1) is 0 Å². The fraction of sp³-hybridized carbons (Fsp3) is 0.512. The number of carboxylic acid groups (broad SMARTS) is 1. The summed E-state index contributed by atoms with van der Waals surface area (Å²) in [4.78, 5) is 58.0. The number of carbonyl (C=O) groups is 2. The van der Waals surface area contributed by atoms with Gasteiger partial charge in [0.25, 0.3) is 5.91 Å². The van der Waals surface area contributed by atoms with E-state index in [1.807, 2.05) is 11.0 Å². The number of aromatic nitrogens is 6. The highest BCUT2D eigenvalue weighted by Crippen LogP contribution is 2.58. The number of piperidine rings is 1. The number of anilines is 4. The Kier molecular flexibility index (Phi) is 8.90. The second-order valence-corrected chi connectivity index (χ2v) is 17.1. The number of carboxylic acids is 1. The number of ether oxygens (including phenoxy) is 1. The van der Waals surface area contributed by atoms with E-state index in [9.17, 15) is 32.3 Å². The van der Waals surface area contributed by atoms with Crippen LogP contribution < -0.4 is 24.8 Å². The quantitative estimate of drug-likeness (QED) is 0.213. The highest BCUT2D eigenvalue weighted by Gasteiger charge is 2.62. The molecule has 1 amide bonds. The van der Waals surface area contributed by atoms with Gasteiger partial charge in [0, 0.05) is 75.3 Å². The largest absolute Gasteiger partial charge is 0.490 e. The van der Waals surface area contributed by atoms with Crippen LogP contribution in [0.1, 0.15) is 73.0 Å². The van der Waals surface area contributed by atoms with E-state index in [2.05, 4.69) is 40.1 Å². The molecule has 11 rings (SSSR count). The number of halogens is 4. The molecule has 6 fully saturated rings. The number of rotatable bonds is 8. The highest BCUT2D eigenvalue weighted by atomic mass is 19.4. The molecule has 3 aliphatic heterocycles. The molecule has 308 valence electrons. The molecule has 7 aliphatic rings. The molecule has 0 radical (unpaired) electrons. The molecule has 1 atom stereocenters. The van der Waals surface area contributed by atoms with Crippen molar-refractivity contribution in [3.63, 3.8) is 0 Å². The molecule has 6 heterocycles. The van der Waals surface area contributed by atoms with Gasteiger partial charge >= 0.3 is 12.1 Å². The first kappa shape index (κ1) is 37.6. The molecule has 18 heteroatoms. The Hall–Kier alpha value is -5.68. The molecule has 1 aromatic carbocycles. The van der Waals surface area contributed by atoms with Gasteiger partial charge in [-0.05, 0) is 92.0 Å². The number of fused-ring (bicyclic) bond motifs is 2.